The normalized spacial score (nSPS) is 13.8. The molecule has 108 valence electrons. The standard InChI is InChI=1S/C15H20N2O3/c1-15(2,14(19)20-3)9-17-13(18)10-4-5-11-7-16-8-12(11)6-10/h4-6,16H,7-9H2,1-3H3,(H,17,18). The zero-order valence-corrected chi connectivity index (χ0v) is 12.1. The summed E-state index contributed by atoms with van der Waals surface area (Å²) in [4.78, 5) is 23.7. The zero-order valence-electron chi connectivity index (χ0n) is 12.1. The second kappa shape index (κ2) is 5.63. The van der Waals surface area contributed by atoms with Gasteiger partial charge in [-0.2, -0.15) is 0 Å². The lowest BCUT2D eigenvalue weighted by Crippen LogP contribution is -2.39. The fourth-order valence-electron chi connectivity index (χ4n) is 2.19. The first-order chi connectivity index (χ1) is 9.44. The second-order valence-corrected chi connectivity index (χ2v) is 5.65. The number of benzene rings is 1. The van der Waals surface area contributed by atoms with Crippen LogP contribution >= 0.6 is 0 Å². The third-order valence-electron chi connectivity index (χ3n) is 3.53. The molecule has 20 heavy (non-hydrogen) atoms. The summed E-state index contributed by atoms with van der Waals surface area (Å²) in [5.74, 6) is -0.507. The maximum atomic E-state index is 12.1. The van der Waals surface area contributed by atoms with Gasteiger partial charge in [0.2, 0.25) is 0 Å². The molecular formula is C15H20N2O3. The van der Waals surface area contributed by atoms with Crippen molar-refractivity contribution in [3.63, 3.8) is 0 Å². The first kappa shape index (κ1) is 14.5. The van der Waals surface area contributed by atoms with Crippen LogP contribution in [0.1, 0.15) is 35.3 Å². The van der Waals surface area contributed by atoms with Crippen LogP contribution in [0.3, 0.4) is 0 Å². The number of carbonyl (C=O) groups excluding carboxylic acids is 2. The molecule has 0 atom stereocenters. The molecule has 1 aliphatic heterocycles. The highest BCUT2D eigenvalue weighted by Gasteiger charge is 2.29. The molecule has 0 bridgehead atoms. The summed E-state index contributed by atoms with van der Waals surface area (Å²) >= 11 is 0. The Morgan fingerprint density at radius 2 is 2.00 bits per heavy atom. The summed E-state index contributed by atoms with van der Waals surface area (Å²) in [5.41, 5.74) is 2.28. The summed E-state index contributed by atoms with van der Waals surface area (Å²) in [5, 5.41) is 6.03. The van der Waals surface area contributed by atoms with Crippen LogP contribution in [0.5, 0.6) is 0 Å². The zero-order chi connectivity index (χ0) is 14.8. The lowest BCUT2D eigenvalue weighted by molar-refractivity contribution is -0.150. The molecule has 0 saturated heterocycles. The van der Waals surface area contributed by atoms with E-state index < -0.39 is 5.41 Å². The van der Waals surface area contributed by atoms with Crippen molar-refractivity contribution in [2.75, 3.05) is 13.7 Å². The van der Waals surface area contributed by atoms with E-state index in [1.807, 2.05) is 18.2 Å². The lowest BCUT2D eigenvalue weighted by atomic mass is 9.93. The Morgan fingerprint density at radius 1 is 1.30 bits per heavy atom. The van der Waals surface area contributed by atoms with E-state index >= 15 is 0 Å². The SMILES string of the molecule is COC(=O)C(C)(C)CNC(=O)c1ccc2c(c1)CNC2. The van der Waals surface area contributed by atoms with E-state index in [1.54, 1.807) is 13.8 Å². The Hall–Kier alpha value is -1.88. The predicted molar refractivity (Wildman–Crippen MR) is 75.1 cm³/mol. The van der Waals surface area contributed by atoms with Gasteiger partial charge in [-0.3, -0.25) is 9.59 Å². The minimum atomic E-state index is -0.733. The predicted octanol–water partition coefficient (Wildman–Crippen LogP) is 1.22. The largest absolute Gasteiger partial charge is 0.469 e. The molecule has 1 aliphatic rings. The molecule has 0 unspecified atom stereocenters. The van der Waals surface area contributed by atoms with E-state index in [2.05, 4.69) is 10.6 Å². The van der Waals surface area contributed by atoms with E-state index in [0.717, 1.165) is 18.7 Å². The van der Waals surface area contributed by atoms with Gasteiger partial charge in [0.05, 0.1) is 12.5 Å². The van der Waals surface area contributed by atoms with Gasteiger partial charge in [0.15, 0.2) is 0 Å². The smallest absolute Gasteiger partial charge is 0.313 e. The molecule has 0 aromatic heterocycles. The number of amides is 1. The van der Waals surface area contributed by atoms with Crippen LogP contribution in [-0.2, 0) is 22.6 Å². The van der Waals surface area contributed by atoms with Crippen molar-refractivity contribution in [2.45, 2.75) is 26.9 Å². The van der Waals surface area contributed by atoms with E-state index in [4.69, 9.17) is 4.74 Å². The summed E-state index contributed by atoms with van der Waals surface area (Å²) < 4.78 is 4.72. The van der Waals surface area contributed by atoms with Gasteiger partial charge in [0.25, 0.3) is 5.91 Å². The average Bonchev–Trinajstić information content (AvgIpc) is 2.91. The minimum absolute atomic E-state index is 0.170. The van der Waals surface area contributed by atoms with Gasteiger partial charge < -0.3 is 15.4 Å². The van der Waals surface area contributed by atoms with E-state index in [1.165, 1.54) is 12.7 Å². The molecule has 2 N–H and O–H groups in total. The molecule has 0 fully saturated rings. The van der Waals surface area contributed by atoms with Crippen LogP contribution < -0.4 is 10.6 Å². The molecule has 1 aromatic rings. The highest BCUT2D eigenvalue weighted by Crippen LogP contribution is 2.18. The number of ether oxygens (including phenoxy) is 1. The Bertz CT molecular complexity index is 538. The number of esters is 1. The monoisotopic (exact) mass is 276 g/mol. The highest BCUT2D eigenvalue weighted by atomic mass is 16.5. The quantitative estimate of drug-likeness (QED) is 0.811. The van der Waals surface area contributed by atoms with Crippen molar-refractivity contribution < 1.29 is 14.3 Å². The maximum Gasteiger partial charge on any atom is 0.313 e. The molecule has 5 nitrogen and oxygen atoms in total. The average molecular weight is 276 g/mol. The van der Waals surface area contributed by atoms with Crippen LogP contribution in [0, 0.1) is 5.41 Å². The number of carbonyl (C=O) groups is 2. The van der Waals surface area contributed by atoms with Gasteiger partial charge in [0, 0.05) is 25.2 Å². The van der Waals surface area contributed by atoms with Gasteiger partial charge in [-0.15, -0.1) is 0 Å². The van der Waals surface area contributed by atoms with Crippen LogP contribution in [0.25, 0.3) is 0 Å². The Morgan fingerprint density at radius 3 is 2.70 bits per heavy atom. The van der Waals surface area contributed by atoms with Crippen LogP contribution in [-0.4, -0.2) is 25.5 Å². The fraction of sp³-hybridized carbons (Fsp3) is 0.467. The van der Waals surface area contributed by atoms with Crippen molar-refractivity contribution in [3.8, 4) is 0 Å². The number of hydrogen-bond acceptors (Lipinski definition) is 4. The Kier molecular flexibility index (Phi) is 4.09. The molecule has 0 radical (unpaired) electrons. The number of methoxy groups -OCH3 is 1. The van der Waals surface area contributed by atoms with Gasteiger partial charge in [0.1, 0.15) is 0 Å². The molecule has 2 rings (SSSR count). The third kappa shape index (κ3) is 2.99. The molecule has 1 amide bonds. The van der Waals surface area contributed by atoms with E-state index in [9.17, 15) is 9.59 Å². The van der Waals surface area contributed by atoms with E-state index in [-0.39, 0.29) is 18.4 Å². The molecule has 1 aromatic carbocycles. The van der Waals surface area contributed by atoms with Gasteiger partial charge >= 0.3 is 5.97 Å². The Balaban J connectivity index is 2.00. The fourth-order valence-corrected chi connectivity index (χ4v) is 2.19. The highest BCUT2D eigenvalue weighted by molar-refractivity contribution is 5.94. The van der Waals surface area contributed by atoms with Crippen LogP contribution in [0.15, 0.2) is 18.2 Å². The van der Waals surface area contributed by atoms with Crippen molar-refractivity contribution in [3.05, 3.63) is 34.9 Å². The molecule has 0 aliphatic carbocycles. The van der Waals surface area contributed by atoms with E-state index in [0.29, 0.717) is 5.56 Å². The first-order valence-electron chi connectivity index (χ1n) is 6.63. The molecule has 5 heteroatoms. The molecular weight excluding hydrogens is 256 g/mol. The molecule has 1 heterocycles. The lowest BCUT2D eigenvalue weighted by Gasteiger charge is -2.21. The van der Waals surface area contributed by atoms with Crippen LogP contribution in [0.4, 0.5) is 0 Å². The maximum absolute atomic E-state index is 12.1. The first-order valence-corrected chi connectivity index (χ1v) is 6.63. The molecule has 0 saturated carbocycles. The topological polar surface area (TPSA) is 67.4 Å². The van der Waals surface area contributed by atoms with Crippen molar-refractivity contribution in [1.29, 1.82) is 0 Å². The third-order valence-corrected chi connectivity index (χ3v) is 3.53. The summed E-state index contributed by atoms with van der Waals surface area (Å²) in [6.07, 6.45) is 0. The molecule has 0 spiro atoms. The van der Waals surface area contributed by atoms with Crippen LogP contribution in [0.2, 0.25) is 0 Å². The van der Waals surface area contributed by atoms with Gasteiger partial charge in [-0.25, -0.2) is 0 Å². The van der Waals surface area contributed by atoms with Gasteiger partial charge in [-0.1, -0.05) is 6.07 Å². The summed E-state index contributed by atoms with van der Waals surface area (Å²) in [7, 11) is 1.35. The summed E-state index contributed by atoms with van der Waals surface area (Å²) in [6.45, 7) is 5.38. The number of rotatable bonds is 4. The van der Waals surface area contributed by atoms with Gasteiger partial charge in [-0.05, 0) is 37.1 Å². The Labute approximate surface area is 118 Å². The second-order valence-electron chi connectivity index (χ2n) is 5.65. The van der Waals surface area contributed by atoms with Crippen molar-refractivity contribution in [1.82, 2.24) is 10.6 Å². The number of hydrogen-bond donors (Lipinski definition) is 2. The summed E-state index contributed by atoms with van der Waals surface area (Å²) in [6, 6.07) is 5.68. The minimum Gasteiger partial charge on any atom is -0.469 e. The van der Waals surface area contributed by atoms with Crippen molar-refractivity contribution >= 4 is 11.9 Å². The number of fused-ring (bicyclic) bond motifs is 1. The number of nitrogens with one attached hydrogen (secondary N) is 2. The van der Waals surface area contributed by atoms with Crippen molar-refractivity contribution in [2.24, 2.45) is 5.41 Å².